The molecule has 1 fully saturated rings. The summed E-state index contributed by atoms with van der Waals surface area (Å²) >= 11 is 9.39. The van der Waals surface area contributed by atoms with Gasteiger partial charge in [0.1, 0.15) is 0 Å². The molecule has 0 atom stereocenters. The summed E-state index contributed by atoms with van der Waals surface area (Å²) in [4.78, 5) is 12.1. The first kappa shape index (κ1) is 11.2. The maximum Gasteiger partial charge on any atom is 0.167 e. The monoisotopic (exact) mass is 286 g/mol. The second-order valence-electron chi connectivity index (χ2n) is 3.97. The average molecular weight is 288 g/mol. The Hall–Kier alpha value is -0.340. The number of rotatable bonds is 2. The molecule has 3 heteroatoms. The number of halogens is 2. The molecule has 2 rings (SSSR count). The van der Waals surface area contributed by atoms with Crippen molar-refractivity contribution < 1.29 is 4.79 Å². The number of Topliss-reactive ketones (excluding diaryl/α,β-unsaturated/α-hetero) is 1. The fraction of sp³-hybridized carbons (Fsp3) is 0.417. The van der Waals surface area contributed by atoms with Gasteiger partial charge in [-0.3, -0.25) is 4.79 Å². The van der Waals surface area contributed by atoms with Crippen molar-refractivity contribution in [3.8, 4) is 0 Å². The Morgan fingerprint density at radius 2 is 2.00 bits per heavy atom. The van der Waals surface area contributed by atoms with E-state index >= 15 is 0 Å². The van der Waals surface area contributed by atoms with Crippen molar-refractivity contribution in [3.63, 3.8) is 0 Å². The minimum absolute atomic E-state index is 0.191. The average Bonchev–Trinajstić information content (AvgIpc) is 2.74. The summed E-state index contributed by atoms with van der Waals surface area (Å²) < 4.78 is 0.910. The van der Waals surface area contributed by atoms with Gasteiger partial charge in [-0.15, -0.1) is 0 Å². The highest BCUT2D eigenvalue weighted by Gasteiger charge is 2.25. The van der Waals surface area contributed by atoms with Crippen LogP contribution >= 0.6 is 27.5 Å². The summed E-state index contributed by atoms with van der Waals surface area (Å²) in [6.45, 7) is 0. The van der Waals surface area contributed by atoms with E-state index in [2.05, 4.69) is 15.9 Å². The third-order valence-corrected chi connectivity index (χ3v) is 3.74. The molecule has 15 heavy (non-hydrogen) atoms. The van der Waals surface area contributed by atoms with E-state index in [0.717, 1.165) is 17.3 Å². The van der Waals surface area contributed by atoms with E-state index in [1.54, 1.807) is 6.07 Å². The second-order valence-corrected chi connectivity index (χ2v) is 5.29. The van der Waals surface area contributed by atoms with E-state index in [9.17, 15) is 4.79 Å². The van der Waals surface area contributed by atoms with Crippen LogP contribution in [0.1, 0.15) is 36.0 Å². The van der Waals surface area contributed by atoms with Crippen LogP contribution < -0.4 is 0 Å². The van der Waals surface area contributed by atoms with Gasteiger partial charge in [0.15, 0.2) is 5.78 Å². The number of hydrogen-bond acceptors (Lipinski definition) is 1. The normalized spacial score (nSPS) is 16.9. The Morgan fingerprint density at radius 1 is 1.33 bits per heavy atom. The summed E-state index contributed by atoms with van der Waals surface area (Å²) in [6.07, 6.45) is 4.37. The summed E-state index contributed by atoms with van der Waals surface area (Å²) in [6, 6.07) is 5.45. The molecule has 0 amide bonds. The zero-order valence-electron chi connectivity index (χ0n) is 8.30. The maximum absolute atomic E-state index is 12.1. The minimum atomic E-state index is 0.191. The number of benzene rings is 1. The molecule has 1 aliphatic rings. The van der Waals surface area contributed by atoms with Crippen molar-refractivity contribution in [3.05, 3.63) is 33.3 Å². The van der Waals surface area contributed by atoms with Crippen LogP contribution in [-0.4, -0.2) is 5.78 Å². The molecule has 1 saturated carbocycles. The number of carbonyl (C=O) groups is 1. The Bertz CT molecular complexity index is 383. The molecule has 1 nitrogen and oxygen atoms in total. The van der Waals surface area contributed by atoms with Crippen molar-refractivity contribution in [1.29, 1.82) is 0 Å². The standard InChI is InChI=1S/C12H12BrClO/c13-9-5-6-11(14)10(7-9)12(15)8-3-1-2-4-8/h5-8H,1-4H2. The molecular formula is C12H12BrClO. The van der Waals surface area contributed by atoms with E-state index in [1.165, 1.54) is 12.8 Å². The van der Waals surface area contributed by atoms with Crippen LogP contribution in [0.4, 0.5) is 0 Å². The maximum atomic E-state index is 12.1. The van der Waals surface area contributed by atoms with Gasteiger partial charge < -0.3 is 0 Å². The highest BCUT2D eigenvalue weighted by atomic mass is 79.9. The largest absolute Gasteiger partial charge is 0.294 e. The van der Waals surface area contributed by atoms with Crippen molar-refractivity contribution >= 4 is 33.3 Å². The van der Waals surface area contributed by atoms with Crippen molar-refractivity contribution in [2.45, 2.75) is 25.7 Å². The van der Waals surface area contributed by atoms with E-state index in [-0.39, 0.29) is 11.7 Å². The lowest BCUT2D eigenvalue weighted by Gasteiger charge is -2.09. The number of ketones is 1. The lowest BCUT2D eigenvalue weighted by molar-refractivity contribution is 0.0923. The highest BCUT2D eigenvalue weighted by Crippen LogP contribution is 2.31. The highest BCUT2D eigenvalue weighted by molar-refractivity contribution is 9.10. The third kappa shape index (κ3) is 2.43. The van der Waals surface area contributed by atoms with Gasteiger partial charge in [0.25, 0.3) is 0 Å². The van der Waals surface area contributed by atoms with E-state index in [1.807, 2.05) is 12.1 Å². The molecule has 0 radical (unpaired) electrons. The Morgan fingerprint density at radius 3 is 2.67 bits per heavy atom. The van der Waals surface area contributed by atoms with Crippen LogP contribution in [0.3, 0.4) is 0 Å². The van der Waals surface area contributed by atoms with Gasteiger partial charge in [-0.1, -0.05) is 40.4 Å². The molecule has 0 unspecified atom stereocenters. The molecule has 1 aromatic carbocycles. The van der Waals surface area contributed by atoms with E-state index in [4.69, 9.17) is 11.6 Å². The van der Waals surface area contributed by atoms with Gasteiger partial charge in [0.05, 0.1) is 5.02 Å². The molecule has 1 aliphatic carbocycles. The smallest absolute Gasteiger partial charge is 0.167 e. The third-order valence-electron chi connectivity index (χ3n) is 2.92. The summed E-state index contributed by atoms with van der Waals surface area (Å²) in [5.41, 5.74) is 0.665. The van der Waals surface area contributed by atoms with E-state index < -0.39 is 0 Å². The molecule has 0 saturated heterocycles. The van der Waals surface area contributed by atoms with Crippen molar-refractivity contribution in [2.24, 2.45) is 5.92 Å². The van der Waals surface area contributed by atoms with Gasteiger partial charge in [-0.05, 0) is 31.0 Å². The zero-order chi connectivity index (χ0) is 10.8. The molecule has 0 aliphatic heterocycles. The van der Waals surface area contributed by atoms with Gasteiger partial charge in [0, 0.05) is 16.0 Å². The molecular weight excluding hydrogens is 275 g/mol. The predicted octanol–water partition coefficient (Wildman–Crippen LogP) is 4.48. The van der Waals surface area contributed by atoms with Crippen LogP contribution in [0.25, 0.3) is 0 Å². The minimum Gasteiger partial charge on any atom is -0.294 e. The molecule has 0 aromatic heterocycles. The van der Waals surface area contributed by atoms with Crippen molar-refractivity contribution in [1.82, 2.24) is 0 Å². The fourth-order valence-electron chi connectivity index (χ4n) is 2.09. The zero-order valence-corrected chi connectivity index (χ0v) is 10.6. The lowest BCUT2D eigenvalue weighted by Crippen LogP contribution is -2.11. The first-order valence-electron chi connectivity index (χ1n) is 5.18. The summed E-state index contributed by atoms with van der Waals surface area (Å²) in [5, 5.41) is 0.565. The van der Waals surface area contributed by atoms with Crippen LogP contribution in [0.5, 0.6) is 0 Å². The number of carbonyl (C=O) groups excluding carboxylic acids is 1. The summed E-state index contributed by atoms with van der Waals surface area (Å²) in [7, 11) is 0. The first-order chi connectivity index (χ1) is 7.18. The molecule has 0 N–H and O–H groups in total. The Labute approximate surface area is 103 Å². The predicted molar refractivity (Wildman–Crippen MR) is 65.4 cm³/mol. The Kier molecular flexibility index (Phi) is 3.47. The molecule has 80 valence electrons. The fourth-order valence-corrected chi connectivity index (χ4v) is 2.67. The molecule has 0 bridgehead atoms. The van der Waals surface area contributed by atoms with Crippen LogP contribution in [0, 0.1) is 5.92 Å². The first-order valence-corrected chi connectivity index (χ1v) is 6.35. The topological polar surface area (TPSA) is 17.1 Å². The second kappa shape index (κ2) is 4.67. The van der Waals surface area contributed by atoms with Crippen LogP contribution in [-0.2, 0) is 0 Å². The Balaban J connectivity index is 2.27. The molecule has 0 spiro atoms. The van der Waals surface area contributed by atoms with Crippen LogP contribution in [0.2, 0.25) is 5.02 Å². The quantitative estimate of drug-likeness (QED) is 0.733. The number of hydrogen-bond donors (Lipinski definition) is 0. The SMILES string of the molecule is O=C(c1cc(Br)ccc1Cl)C1CCCC1. The van der Waals surface area contributed by atoms with Gasteiger partial charge in [-0.2, -0.15) is 0 Å². The van der Waals surface area contributed by atoms with Crippen LogP contribution in [0.15, 0.2) is 22.7 Å². The lowest BCUT2D eigenvalue weighted by atomic mass is 9.96. The van der Waals surface area contributed by atoms with Gasteiger partial charge in [0.2, 0.25) is 0 Å². The molecule has 0 heterocycles. The summed E-state index contributed by atoms with van der Waals surface area (Å²) in [5.74, 6) is 0.399. The van der Waals surface area contributed by atoms with Crippen molar-refractivity contribution in [2.75, 3.05) is 0 Å². The van der Waals surface area contributed by atoms with E-state index in [0.29, 0.717) is 10.6 Å². The van der Waals surface area contributed by atoms with Gasteiger partial charge >= 0.3 is 0 Å². The molecule has 1 aromatic rings. The van der Waals surface area contributed by atoms with Gasteiger partial charge in [-0.25, -0.2) is 0 Å².